The highest BCUT2D eigenvalue weighted by molar-refractivity contribution is 5.27. The first-order valence-electron chi connectivity index (χ1n) is 8.15. The van der Waals surface area contributed by atoms with Gasteiger partial charge in [-0.1, -0.05) is 44.2 Å². The first kappa shape index (κ1) is 15.5. The molecule has 2 rings (SSSR count). The predicted octanol–water partition coefficient (Wildman–Crippen LogP) is 4.03. The van der Waals surface area contributed by atoms with Crippen LogP contribution in [0, 0.1) is 0 Å². The van der Waals surface area contributed by atoms with Crippen LogP contribution in [-0.2, 0) is 10.2 Å². The molecule has 1 aliphatic heterocycles. The summed E-state index contributed by atoms with van der Waals surface area (Å²) in [7, 11) is 0. The van der Waals surface area contributed by atoms with Crippen LogP contribution in [0.1, 0.15) is 57.9 Å². The molecular formula is C18H29NO. The highest BCUT2D eigenvalue weighted by Crippen LogP contribution is 2.36. The van der Waals surface area contributed by atoms with E-state index in [-0.39, 0.29) is 11.5 Å². The standard InChI is InChI=1S/C18H29NO/c1-3-18(4-2,15-9-6-5-7-10-15)17(19)13-12-16-11-8-14-20-16/h5-7,9-10,16-17H,3-4,8,11-14,19H2,1-2H3. The van der Waals surface area contributed by atoms with Gasteiger partial charge in [0.2, 0.25) is 0 Å². The molecule has 0 radical (unpaired) electrons. The molecule has 0 aliphatic carbocycles. The average Bonchev–Trinajstić information content (AvgIpc) is 3.01. The Morgan fingerprint density at radius 2 is 1.95 bits per heavy atom. The monoisotopic (exact) mass is 275 g/mol. The molecule has 1 aromatic carbocycles. The first-order valence-corrected chi connectivity index (χ1v) is 8.15. The molecule has 0 saturated carbocycles. The Morgan fingerprint density at radius 3 is 2.50 bits per heavy atom. The van der Waals surface area contributed by atoms with Gasteiger partial charge in [0.1, 0.15) is 0 Å². The first-order chi connectivity index (χ1) is 9.73. The van der Waals surface area contributed by atoms with Gasteiger partial charge in [-0.25, -0.2) is 0 Å². The van der Waals surface area contributed by atoms with Gasteiger partial charge in [0, 0.05) is 18.1 Å². The maximum atomic E-state index is 6.63. The van der Waals surface area contributed by atoms with Crippen molar-refractivity contribution in [1.29, 1.82) is 0 Å². The van der Waals surface area contributed by atoms with Crippen LogP contribution < -0.4 is 5.73 Å². The third-order valence-electron chi connectivity index (χ3n) is 5.14. The Bertz CT molecular complexity index is 380. The minimum Gasteiger partial charge on any atom is -0.378 e. The van der Waals surface area contributed by atoms with E-state index in [1.54, 1.807) is 0 Å². The number of hydrogen-bond donors (Lipinski definition) is 1. The molecule has 0 aromatic heterocycles. The van der Waals surface area contributed by atoms with Gasteiger partial charge in [0.15, 0.2) is 0 Å². The minimum atomic E-state index is 0.111. The molecule has 112 valence electrons. The van der Waals surface area contributed by atoms with E-state index in [2.05, 4.69) is 44.2 Å². The van der Waals surface area contributed by atoms with Crippen molar-refractivity contribution in [1.82, 2.24) is 0 Å². The predicted molar refractivity (Wildman–Crippen MR) is 84.9 cm³/mol. The summed E-state index contributed by atoms with van der Waals surface area (Å²) < 4.78 is 5.73. The molecular weight excluding hydrogens is 246 g/mol. The van der Waals surface area contributed by atoms with Crippen LogP contribution in [-0.4, -0.2) is 18.8 Å². The SMILES string of the molecule is CCC(CC)(c1ccccc1)C(N)CCC1CCCO1. The zero-order chi connectivity index (χ0) is 14.4. The molecule has 1 aromatic rings. The topological polar surface area (TPSA) is 35.2 Å². The van der Waals surface area contributed by atoms with Gasteiger partial charge in [-0.05, 0) is 44.1 Å². The largest absolute Gasteiger partial charge is 0.378 e. The van der Waals surface area contributed by atoms with Crippen molar-refractivity contribution in [3.8, 4) is 0 Å². The Balaban J connectivity index is 2.06. The molecule has 0 amide bonds. The van der Waals surface area contributed by atoms with E-state index in [0.717, 1.165) is 32.3 Å². The Labute approximate surface area is 123 Å². The van der Waals surface area contributed by atoms with Crippen LogP contribution in [0.4, 0.5) is 0 Å². The second kappa shape index (κ2) is 7.24. The normalized spacial score (nSPS) is 21.1. The van der Waals surface area contributed by atoms with E-state index in [1.165, 1.54) is 18.4 Å². The maximum absolute atomic E-state index is 6.63. The van der Waals surface area contributed by atoms with E-state index in [9.17, 15) is 0 Å². The van der Waals surface area contributed by atoms with Crippen molar-refractivity contribution in [2.45, 2.75) is 69.9 Å². The number of benzene rings is 1. The maximum Gasteiger partial charge on any atom is 0.0576 e. The summed E-state index contributed by atoms with van der Waals surface area (Å²) in [5.74, 6) is 0. The smallest absolute Gasteiger partial charge is 0.0576 e. The zero-order valence-corrected chi connectivity index (χ0v) is 13.0. The van der Waals surface area contributed by atoms with Crippen LogP contribution in [0.15, 0.2) is 30.3 Å². The number of ether oxygens (including phenoxy) is 1. The summed E-state index contributed by atoms with van der Waals surface area (Å²) in [6, 6.07) is 11.0. The third-order valence-corrected chi connectivity index (χ3v) is 5.14. The molecule has 2 nitrogen and oxygen atoms in total. The molecule has 2 unspecified atom stereocenters. The lowest BCUT2D eigenvalue weighted by molar-refractivity contribution is 0.0971. The molecule has 0 spiro atoms. The number of rotatable bonds is 7. The minimum absolute atomic E-state index is 0.111. The molecule has 1 heterocycles. The van der Waals surface area contributed by atoms with Crippen molar-refractivity contribution in [3.05, 3.63) is 35.9 Å². The molecule has 2 atom stereocenters. The fourth-order valence-electron chi connectivity index (χ4n) is 3.68. The van der Waals surface area contributed by atoms with Gasteiger partial charge in [-0.2, -0.15) is 0 Å². The summed E-state index contributed by atoms with van der Waals surface area (Å²) in [6.07, 6.45) is 7.23. The van der Waals surface area contributed by atoms with Crippen LogP contribution in [0.3, 0.4) is 0 Å². The van der Waals surface area contributed by atoms with Gasteiger partial charge in [-0.3, -0.25) is 0 Å². The lowest BCUT2D eigenvalue weighted by Gasteiger charge is -2.38. The quantitative estimate of drug-likeness (QED) is 0.815. The van der Waals surface area contributed by atoms with Gasteiger partial charge in [0.25, 0.3) is 0 Å². The third kappa shape index (κ3) is 3.24. The van der Waals surface area contributed by atoms with E-state index in [4.69, 9.17) is 10.5 Å². The van der Waals surface area contributed by atoms with Crippen molar-refractivity contribution in [3.63, 3.8) is 0 Å². The van der Waals surface area contributed by atoms with Crippen molar-refractivity contribution >= 4 is 0 Å². The lowest BCUT2D eigenvalue weighted by atomic mass is 9.69. The lowest BCUT2D eigenvalue weighted by Crippen LogP contribution is -2.45. The Kier molecular flexibility index (Phi) is 5.62. The Hall–Kier alpha value is -0.860. The molecule has 1 saturated heterocycles. The van der Waals surface area contributed by atoms with Crippen molar-refractivity contribution < 1.29 is 4.74 Å². The van der Waals surface area contributed by atoms with Crippen LogP contribution >= 0.6 is 0 Å². The Morgan fingerprint density at radius 1 is 1.25 bits per heavy atom. The van der Waals surface area contributed by atoms with E-state index in [1.807, 2.05) is 0 Å². The molecule has 20 heavy (non-hydrogen) atoms. The fraction of sp³-hybridized carbons (Fsp3) is 0.667. The van der Waals surface area contributed by atoms with Crippen molar-refractivity contribution in [2.24, 2.45) is 5.73 Å². The van der Waals surface area contributed by atoms with E-state index >= 15 is 0 Å². The highest BCUT2D eigenvalue weighted by atomic mass is 16.5. The number of hydrogen-bond acceptors (Lipinski definition) is 2. The van der Waals surface area contributed by atoms with Crippen LogP contribution in [0.25, 0.3) is 0 Å². The van der Waals surface area contributed by atoms with Crippen LogP contribution in [0.5, 0.6) is 0 Å². The molecule has 2 N–H and O–H groups in total. The van der Waals surface area contributed by atoms with Gasteiger partial charge >= 0.3 is 0 Å². The molecule has 0 bridgehead atoms. The summed E-state index contributed by atoms with van der Waals surface area (Å²) in [6.45, 7) is 5.47. The summed E-state index contributed by atoms with van der Waals surface area (Å²) in [4.78, 5) is 0. The van der Waals surface area contributed by atoms with Gasteiger partial charge < -0.3 is 10.5 Å². The van der Waals surface area contributed by atoms with Crippen molar-refractivity contribution in [2.75, 3.05) is 6.61 Å². The highest BCUT2D eigenvalue weighted by Gasteiger charge is 2.35. The fourth-order valence-corrected chi connectivity index (χ4v) is 3.68. The zero-order valence-electron chi connectivity index (χ0n) is 13.0. The second-order valence-corrected chi connectivity index (χ2v) is 6.05. The van der Waals surface area contributed by atoms with Gasteiger partial charge in [-0.15, -0.1) is 0 Å². The van der Waals surface area contributed by atoms with Crippen LogP contribution in [0.2, 0.25) is 0 Å². The summed E-state index contributed by atoms with van der Waals surface area (Å²) >= 11 is 0. The summed E-state index contributed by atoms with van der Waals surface area (Å²) in [5.41, 5.74) is 8.13. The molecule has 2 heteroatoms. The second-order valence-electron chi connectivity index (χ2n) is 6.05. The van der Waals surface area contributed by atoms with E-state index < -0.39 is 0 Å². The summed E-state index contributed by atoms with van der Waals surface area (Å²) in [5, 5.41) is 0. The molecule has 1 fully saturated rings. The average molecular weight is 275 g/mol. The molecule has 1 aliphatic rings. The van der Waals surface area contributed by atoms with E-state index in [0.29, 0.717) is 6.10 Å². The van der Waals surface area contributed by atoms with Gasteiger partial charge in [0.05, 0.1) is 6.10 Å². The number of nitrogens with two attached hydrogens (primary N) is 1.